The average molecular weight is 365 g/mol. The topological polar surface area (TPSA) is 105 Å². The second-order valence-corrected chi connectivity index (χ2v) is 7.64. The Labute approximate surface area is 148 Å². The van der Waals surface area contributed by atoms with Gasteiger partial charge in [-0.25, -0.2) is 4.79 Å². The van der Waals surface area contributed by atoms with E-state index in [0.29, 0.717) is 42.0 Å². The molecule has 0 saturated heterocycles. The number of halogens is 1. The van der Waals surface area contributed by atoms with Crippen LogP contribution in [0.4, 0.5) is 4.79 Å². The molecule has 4 aliphatic rings. The number of rotatable bonds is 3. The molecule has 3 N–H and O–H groups in total. The van der Waals surface area contributed by atoms with Crippen molar-refractivity contribution in [2.45, 2.75) is 49.3 Å². The number of carbonyl (C=O) groups excluding carboxylic acids is 2. The van der Waals surface area contributed by atoms with E-state index >= 15 is 0 Å². The Balaban J connectivity index is 1.43. The Morgan fingerprint density at radius 1 is 1.20 bits per heavy atom. The summed E-state index contributed by atoms with van der Waals surface area (Å²) in [5.41, 5.74) is -0.429. The first-order valence-electron chi connectivity index (χ1n) is 8.12. The van der Waals surface area contributed by atoms with E-state index < -0.39 is 23.3 Å². The number of benzene rings is 1. The van der Waals surface area contributed by atoms with Crippen LogP contribution in [0.3, 0.4) is 0 Å². The first-order valence-corrected chi connectivity index (χ1v) is 8.50. The predicted molar refractivity (Wildman–Crippen MR) is 88.0 cm³/mol. The van der Waals surface area contributed by atoms with Crippen molar-refractivity contribution in [2.24, 2.45) is 0 Å². The third kappa shape index (κ3) is 2.72. The van der Waals surface area contributed by atoms with Gasteiger partial charge in [-0.05, 0) is 43.9 Å². The maximum Gasteiger partial charge on any atom is 0.405 e. The zero-order valence-corrected chi connectivity index (χ0v) is 14.1. The van der Waals surface area contributed by atoms with Gasteiger partial charge in [0.05, 0.1) is 12.0 Å². The Kier molecular flexibility index (Phi) is 3.47. The number of carbonyl (C=O) groups is 3. The zero-order valence-electron chi connectivity index (χ0n) is 13.3. The summed E-state index contributed by atoms with van der Waals surface area (Å²) in [6, 6.07) is 4.75. The largest absolute Gasteiger partial charge is 0.479 e. The minimum absolute atomic E-state index is 0.0340. The number of nitrogens with one attached hydrogen (secondary N) is 2. The molecule has 3 aliphatic carbocycles. The van der Waals surface area contributed by atoms with Crippen LogP contribution < -0.4 is 15.4 Å². The average Bonchev–Trinajstić information content (AvgIpc) is 3.01. The van der Waals surface area contributed by atoms with Gasteiger partial charge in [0.15, 0.2) is 11.9 Å². The number of Topliss-reactive ketones (excluding diaryl/α,β-unsaturated/α-hetero) is 1. The first kappa shape index (κ1) is 16.2. The van der Waals surface area contributed by atoms with Crippen LogP contribution >= 0.6 is 11.6 Å². The van der Waals surface area contributed by atoms with Gasteiger partial charge in [-0.1, -0.05) is 11.6 Å². The number of hydrogen-bond donors (Lipinski definition) is 3. The summed E-state index contributed by atoms with van der Waals surface area (Å²) in [7, 11) is 0. The van der Waals surface area contributed by atoms with Gasteiger partial charge in [-0.2, -0.15) is 0 Å². The summed E-state index contributed by atoms with van der Waals surface area (Å²) in [6.07, 6.45) is 0.609. The van der Waals surface area contributed by atoms with Crippen LogP contribution in [0.15, 0.2) is 18.2 Å². The smallest absolute Gasteiger partial charge is 0.405 e. The van der Waals surface area contributed by atoms with Crippen molar-refractivity contribution in [1.29, 1.82) is 0 Å². The van der Waals surface area contributed by atoms with Crippen molar-refractivity contribution in [3.05, 3.63) is 28.8 Å². The fourth-order valence-corrected chi connectivity index (χ4v) is 4.56. The summed E-state index contributed by atoms with van der Waals surface area (Å²) in [4.78, 5) is 35.7. The van der Waals surface area contributed by atoms with E-state index in [1.165, 1.54) is 0 Å². The quantitative estimate of drug-likeness (QED) is 0.762. The summed E-state index contributed by atoms with van der Waals surface area (Å²) in [5.74, 6) is -0.150. The van der Waals surface area contributed by atoms with Crippen LogP contribution in [-0.4, -0.2) is 40.1 Å². The molecule has 0 aromatic heterocycles. The number of hydrogen-bond acceptors (Lipinski definition) is 4. The minimum Gasteiger partial charge on any atom is -0.479 e. The highest BCUT2D eigenvalue weighted by molar-refractivity contribution is 6.31. The normalized spacial score (nSPS) is 32.2. The van der Waals surface area contributed by atoms with Crippen molar-refractivity contribution in [3.63, 3.8) is 0 Å². The summed E-state index contributed by atoms with van der Waals surface area (Å²) in [5, 5.41) is 14.9. The summed E-state index contributed by atoms with van der Waals surface area (Å²) >= 11 is 5.89. The number of fused-ring (bicyclic) bond motifs is 2. The van der Waals surface area contributed by atoms with E-state index in [9.17, 15) is 14.4 Å². The zero-order chi connectivity index (χ0) is 17.8. The number of amides is 2. The van der Waals surface area contributed by atoms with Gasteiger partial charge in [0, 0.05) is 16.1 Å². The van der Waals surface area contributed by atoms with Gasteiger partial charge < -0.3 is 20.5 Å². The second kappa shape index (κ2) is 5.36. The van der Waals surface area contributed by atoms with E-state index in [0.717, 1.165) is 0 Å². The second-order valence-electron chi connectivity index (χ2n) is 7.21. The highest BCUT2D eigenvalue weighted by Gasteiger charge is 2.62. The van der Waals surface area contributed by atoms with Crippen LogP contribution in [-0.2, 0) is 4.79 Å². The molecule has 2 bridgehead atoms. The third-order valence-electron chi connectivity index (χ3n) is 5.37. The molecule has 1 aromatic carbocycles. The Bertz CT molecular complexity index is 787. The Morgan fingerprint density at radius 3 is 2.56 bits per heavy atom. The van der Waals surface area contributed by atoms with Gasteiger partial charge in [0.1, 0.15) is 5.75 Å². The summed E-state index contributed by atoms with van der Waals surface area (Å²) < 4.78 is 5.68. The fourth-order valence-electron chi connectivity index (χ4n) is 4.39. The molecule has 132 valence electrons. The van der Waals surface area contributed by atoms with Gasteiger partial charge in [-0.3, -0.25) is 9.59 Å². The molecule has 1 atom stereocenters. The lowest BCUT2D eigenvalue weighted by Crippen LogP contribution is -2.65. The van der Waals surface area contributed by atoms with E-state index in [2.05, 4.69) is 10.6 Å². The van der Waals surface area contributed by atoms with Crippen LogP contribution in [0, 0.1) is 0 Å². The molecule has 8 heteroatoms. The molecule has 1 aliphatic heterocycles. The molecule has 1 aromatic rings. The van der Waals surface area contributed by atoms with Crippen LogP contribution in [0.5, 0.6) is 5.75 Å². The van der Waals surface area contributed by atoms with Crippen LogP contribution in [0.1, 0.15) is 42.5 Å². The first-order chi connectivity index (χ1) is 11.8. The molecular weight excluding hydrogens is 348 g/mol. The van der Waals surface area contributed by atoms with Crippen molar-refractivity contribution in [2.75, 3.05) is 0 Å². The molecule has 2 amide bonds. The molecule has 0 radical (unpaired) electrons. The molecule has 25 heavy (non-hydrogen) atoms. The van der Waals surface area contributed by atoms with Crippen molar-refractivity contribution in [1.82, 2.24) is 10.6 Å². The molecule has 3 saturated carbocycles. The molecule has 7 nitrogen and oxygen atoms in total. The molecule has 0 unspecified atom stereocenters. The summed E-state index contributed by atoms with van der Waals surface area (Å²) in [6.45, 7) is 0. The van der Waals surface area contributed by atoms with Crippen molar-refractivity contribution < 1.29 is 24.2 Å². The van der Waals surface area contributed by atoms with Crippen molar-refractivity contribution >= 4 is 29.4 Å². The molecule has 5 rings (SSSR count). The van der Waals surface area contributed by atoms with E-state index in [-0.39, 0.29) is 18.1 Å². The number of ketones is 1. The Hall–Kier alpha value is -2.28. The molecule has 3 fully saturated rings. The third-order valence-corrected chi connectivity index (χ3v) is 5.61. The lowest BCUT2D eigenvalue weighted by Gasteiger charge is -2.47. The maximum atomic E-state index is 12.6. The monoisotopic (exact) mass is 364 g/mol. The standard InChI is InChI=1S/C17H17ClN2O5/c18-9-1-2-12-10(5-9)11(21)6-13(25-12)14(22)19-16-3-4-17(7-16,8-16)20-15(23)24/h1-2,5,13,20H,3-4,6-8H2,(H,19,22)(H,23,24)/t13-,16?,17?/m1/s1. The van der Waals surface area contributed by atoms with Gasteiger partial charge >= 0.3 is 6.09 Å². The van der Waals surface area contributed by atoms with Crippen molar-refractivity contribution in [3.8, 4) is 5.75 Å². The van der Waals surface area contributed by atoms with Gasteiger partial charge in [-0.15, -0.1) is 0 Å². The Morgan fingerprint density at radius 2 is 1.88 bits per heavy atom. The number of carboxylic acid groups (broad SMARTS) is 1. The number of ether oxygens (including phenoxy) is 1. The van der Waals surface area contributed by atoms with Gasteiger partial charge in [0.2, 0.25) is 0 Å². The fraction of sp³-hybridized carbons (Fsp3) is 0.471. The lowest BCUT2D eigenvalue weighted by atomic mass is 9.71. The molecule has 0 spiro atoms. The van der Waals surface area contributed by atoms with E-state index in [1.807, 2.05) is 0 Å². The highest BCUT2D eigenvalue weighted by atomic mass is 35.5. The highest BCUT2D eigenvalue weighted by Crippen LogP contribution is 2.55. The van der Waals surface area contributed by atoms with Crippen LogP contribution in [0.2, 0.25) is 5.02 Å². The lowest BCUT2D eigenvalue weighted by molar-refractivity contribution is -0.131. The maximum absolute atomic E-state index is 12.6. The molecular formula is C17H17ClN2O5. The van der Waals surface area contributed by atoms with E-state index in [1.54, 1.807) is 18.2 Å². The minimum atomic E-state index is -1.04. The van der Waals surface area contributed by atoms with Gasteiger partial charge in [0.25, 0.3) is 5.91 Å². The molecule has 1 heterocycles. The van der Waals surface area contributed by atoms with E-state index in [4.69, 9.17) is 21.4 Å². The SMILES string of the molecule is O=C(O)NC12CCC(NC(=O)[C@H]3CC(=O)c4cc(Cl)ccc4O3)(C1)C2. The van der Waals surface area contributed by atoms with Crippen LogP contribution in [0.25, 0.3) is 0 Å². The predicted octanol–water partition coefficient (Wildman–Crippen LogP) is 2.12.